The first-order valence-corrected chi connectivity index (χ1v) is 8.61. The monoisotopic (exact) mass is 340 g/mol. The van der Waals surface area contributed by atoms with Gasteiger partial charge in [-0.15, -0.1) is 0 Å². The standard InChI is InChI=1S/C19H24N4O2/c1-11(2)18(19-20-15-7-5-6-8-16(15)21-19)22-17(24)10-9-14-12(3)23-25-13(14)4/h5-8,11,18H,9-10H2,1-4H3,(H,20,21)(H,22,24). The second-order valence-corrected chi connectivity index (χ2v) is 6.73. The molecule has 1 atom stereocenters. The molecule has 0 spiro atoms. The lowest BCUT2D eigenvalue weighted by Gasteiger charge is -2.20. The van der Waals surface area contributed by atoms with Crippen LogP contribution in [0, 0.1) is 19.8 Å². The van der Waals surface area contributed by atoms with Crippen molar-refractivity contribution in [1.29, 1.82) is 0 Å². The van der Waals surface area contributed by atoms with Gasteiger partial charge in [0.25, 0.3) is 0 Å². The van der Waals surface area contributed by atoms with E-state index in [2.05, 4.69) is 34.3 Å². The summed E-state index contributed by atoms with van der Waals surface area (Å²) in [6.45, 7) is 7.92. The van der Waals surface area contributed by atoms with E-state index in [1.165, 1.54) is 0 Å². The van der Waals surface area contributed by atoms with Gasteiger partial charge < -0.3 is 14.8 Å². The van der Waals surface area contributed by atoms with E-state index in [-0.39, 0.29) is 17.9 Å². The van der Waals surface area contributed by atoms with E-state index in [4.69, 9.17) is 4.52 Å². The Morgan fingerprint density at radius 2 is 2.04 bits per heavy atom. The molecule has 6 nitrogen and oxygen atoms in total. The maximum atomic E-state index is 12.5. The summed E-state index contributed by atoms with van der Waals surface area (Å²) in [5.74, 6) is 1.80. The number of nitrogens with zero attached hydrogens (tertiary/aromatic N) is 2. The van der Waals surface area contributed by atoms with Crippen LogP contribution in [0.2, 0.25) is 0 Å². The SMILES string of the molecule is Cc1noc(C)c1CCC(=O)NC(c1nc2ccccc2[nH]1)C(C)C. The largest absolute Gasteiger partial charge is 0.361 e. The zero-order valence-corrected chi connectivity index (χ0v) is 15.1. The fourth-order valence-corrected chi connectivity index (χ4v) is 3.01. The Balaban J connectivity index is 1.70. The number of hydrogen-bond donors (Lipinski definition) is 2. The van der Waals surface area contributed by atoms with Crippen LogP contribution in [0.1, 0.15) is 49.2 Å². The molecule has 2 aromatic heterocycles. The molecule has 6 heteroatoms. The Kier molecular flexibility index (Phi) is 4.88. The highest BCUT2D eigenvalue weighted by molar-refractivity contribution is 5.77. The van der Waals surface area contributed by atoms with Crippen molar-refractivity contribution in [2.45, 2.75) is 46.6 Å². The number of amides is 1. The molecule has 0 aliphatic heterocycles. The van der Waals surface area contributed by atoms with Crippen molar-refractivity contribution < 1.29 is 9.32 Å². The van der Waals surface area contributed by atoms with Crippen LogP contribution in [-0.4, -0.2) is 21.0 Å². The molecule has 1 aromatic carbocycles. The van der Waals surface area contributed by atoms with Gasteiger partial charge in [-0.2, -0.15) is 0 Å². The van der Waals surface area contributed by atoms with Crippen LogP contribution < -0.4 is 5.32 Å². The average molecular weight is 340 g/mol. The number of aromatic amines is 1. The van der Waals surface area contributed by atoms with Crippen molar-refractivity contribution in [2.75, 3.05) is 0 Å². The van der Waals surface area contributed by atoms with Crippen molar-refractivity contribution in [3.63, 3.8) is 0 Å². The van der Waals surface area contributed by atoms with Gasteiger partial charge in [0.05, 0.1) is 22.8 Å². The lowest BCUT2D eigenvalue weighted by atomic mass is 10.0. The molecule has 1 amide bonds. The van der Waals surface area contributed by atoms with Crippen molar-refractivity contribution in [1.82, 2.24) is 20.4 Å². The number of imidazole rings is 1. The van der Waals surface area contributed by atoms with Crippen LogP contribution in [0.3, 0.4) is 0 Å². The zero-order valence-electron chi connectivity index (χ0n) is 15.1. The third-order valence-corrected chi connectivity index (χ3v) is 4.47. The number of aromatic nitrogens is 3. The molecule has 0 fully saturated rings. The van der Waals surface area contributed by atoms with Crippen molar-refractivity contribution in [3.05, 3.63) is 47.1 Å². The van der Waals surface area contributed by atoms with Gasteiger partial charge in [0.15, 0.2) is 0 Å². The van der Waals surface area contributed by atoms with Crippen LogP contribution in [0.5, 0.6) is 0 Å². The summed E-state index contributed by atoms with van der Waals surface area (Å²) in [6, 6.07) is 7.73. The average Bonchev–Trinajstić information content (AvgIpc) is 3.14. The molecule has 2 N–H and O–H groups in total. The molecule has 0 aliphatic rings. The van der Waals surface area contributed by atoms with Gasteiger partial charge in [0.1, 0.15) is 11.6 Å². The molecule has 0 bridgehead atoms. The zero-order chi connectivity index (χ0) is 18.0. The summed E-state index contributed by atoms with van der Waals surface area (Å²) >= 11 is 0. The van der Waals surface area contributed by atoms with E-state index < -0.39 is 0 Å². The first-order chi connectivity index (χ1) is 12.0. The van der Waals surface area contributed by atoms with E-state index in [1.807, 2.05) is 38.1 Å². The Bertz CT molecular complexity index is 826. The molecule has 3 aromatic rings. The maximum Gasteiger partial charge on any atom is 0.220 e. The maximum absolute atomic E-state index is 12.5. The van der Waals surface area contributed by atoms with E-state index in [1.54, 1.807) is 0 Å². The van der Waals surface area contributed by atoms with Gasteiger partial charge in [0.2, 0.25) is 5.91 Å². The topological polar surface area (TPSA) is 83.8 Å². The molecule has 25 heavy (non-hydrogen) atoms. The van der Waals surface area contributed by atoms with Gasteiger partial charge in [-0.1, -0.05) is 31.1 Å². The summed E-state index contributed by atoms with van der Waals surface area (Å²) in [5.41, 5.74) is 3.75. The normalized spacial score (nSPS) is 12.7. The number of H-pyrrole nitrogens is 1. The minimum atomic E-state index is -0.149. The Morgan fingerprint density at radius 1 is 1.28 bits per heavy atom. The summed E-state index contributed by atoms with van der Waals surface area (Å²) < 4.78 is 5.15. The molecular formula is C19H24N4O2. The predicted octanol–water partition coefficient (Wildman–Crippen LogP) is 3.61. The summed E-state index contributed by atoms with van der Waals surface area (Å²) in [4.78, 5) is 20.4. The van der Waals surface area contributed by atoms with Crippen LogP contribution in [0.15, 0.2) is 28.8 Å². The second kappa shape index (κ2) is 7.09. The lowest BCUT2D eigenvalue weighted by molar-refractivity contribution is -0.122. The highest BCUT2D eigenvalue weighted by Crippen LogP contribution is 2.22. The number of hydrogen-bond acceptors (Lipinski definition) is 4. The first kappa shape index (κ1) is 17.2. The summed E-state index contributed by atoms with van der Waals surface area (Å²) in [5, 5.41) is 7.04. The number of nitrogens with one attached hydrogen (secondary N) is 2. The van der Waals surface area contributed by atoms with E-state index in [0.717, 1.165) is 33.9 Å². The van der Waals surface area contributed by atoms with E-state index >= 15 is 0 Å². The predicted molar refractivity (Wildman–Crippen MR) is 96.1 cm³/mol. The second-order valence-electron chi connectivity index (χ2n) is 6.73. The molecule has 0 saturated carbocycles. The van der Waals surface area contributed by atoms with Crippen LogP contribution >= 0.6 is 0 Å². The molecular weight excluding hydrogens is 316 g/mol. The fraction of sp³-hybridized carbons (Fsp3) is 0.421. The molecule has 0 radical (unpaired) electrons. The Labute approximate surface area is 147 Å². The molecule has 0 saturated heterocycles. The van der Waals surface area contributed by atoms with E-state index in [0.29, 0.717) is 12.8 Å². The number of aryl methyl sites for hydroxylation is 2. The van der Waals surface area contributed by atoms with Gasteiger partial charge in [-0.3, -0.25) is 4.79 Å². The van der Waals surface area contributed by atoms with Gasteiger partial charge in [0, 0.05) is 12.0 Å². The Hall–Kier alpha value is -2.63. The molecule has 1 unspecified atom stereocenters. The lowest BCUT2D eigenvalue weighted by Crippen LogP contribution is -2.32. The van der Waals surface area contributed by atoms with Crippen LogP contribution in [-0.2, 0) is 11.2 Å². The quantitative estimate of drug-likeness (QED) is 0.718. The first-order valence-electron chi connectivity index (χ1n) is 8.61. The number of carbonyl (C=O) groups excluding carboxylic acids is 1. The smallest absolute Gasteiger partial charge is 0.220 e. The van der Waals surface area contributed by atoms with Crippen LogP contribution in [0.4, 0.5) is 0 Å². The Morgan fingerprint density at radius 3 is 2.68 bits per heavy atom. The van der Waals surface area contributed by atoms with Crippen molar-refractivity contribution in [2.24, 2.45) is 5.92 Å². The number of carbonyl (C=O) groups is 1. The molecule has 3 rings (SSSR count). The van der Waals surface area contributed by atoms with Gasteiger partial charge >= 0.3 is 0 Å². The van der Waals surface area contributed by atoms with Crippen LogP contribution in [0.25, 0.3) is 11.0 Å². The minimum Gasteiger partial charge on any atom is -0.361 e. The highest BCUT2D eigenvalue weighted by Gasteiger charge is 2.22. The van der Waals surface area contributed by atoms with Gasteiger partial charge in [-0.25, -0.2) is 4.98 Å². The number of benzene rings is 1. The van der Waals surface area contributed by atoms with E-state index in [9.17, 15) is 4.79 Å². The minimum absolute atomic E-state index is 0.000781. The summed E-state index contributed by atoms with van der Waals surface area (Å²) in [7, 11) is 0. The number of para-hydroxylation sites is 2. The number of fused-ring (bicyclic) bond motifs is 1. The molecule has 2 heterocycles. The fourth-order valence-electron chi connectivity index (χ4n) is 3.01. The molecule has 0 aliphatic carbocycles. The molecule has 132 valence electrons. The highest BCUT2D eigenvalue weighted by atomic mass is 16.5. The number of rotatable bonds is 6. The van der Waals surface area contributed by atoms with Crippen molar-refractivity contribution >= 4 is 16.9 Å². The third-order valence-electron chi connectivity index (χ3n) is 4.47. The summed E-state index contributed by atoms with van der Waals surface area (Å²) in [6.07, 6.45) is 1.02. The third kappa shape index (κ3) is 3.73. The van der Waals surface area contributed by atoms with Crippen molar-refractivity contribution in [3.8, 4) is 0 Å². The van der Waals surface area contributed by atoms with Gasteiger partial charge in [-0.05, 0) is 38.3 Å².